The van der Waals surface area contributed by atoms with Gasteiger partial charge in [-0.25, -0.2) is 38.0 Å². The van der Waals surface area contributed by atoms with Crippen LogP contribution in [0.3, 0.4) is 0 Å². The number of nitrogens with two attached hydrogens (primary N) is 2. The SMILES string of the molecule is CO[C@H]1[C@H](n2cnc3c(N)ncnc32)OC(COP(=O)(O)OP(=O)(O)OP(=O)(O)OC[C@H]2O[C@@H](n3c[n+](C)c4c(=O)[nH]c(N)nc43)[C@H](O)[C@@H]2CCOC(F)F)[C@H]1P(=O)([O-])OC[C@H]1O[C@@H](n2ccc(=O)[nH]c2=O)[C@H](O)[C@@H]1O. The summed E-state index contributed by atoms with van der Waals surface area (Å²) in [6.07, 6.45) is -13.3. The van der Waals surface area contributed by atoms with Crippen LogP contribution in [-0.4, -0.2) is 162 Å². The standard InChI is InChI=1S/C34H46F2N12O24P4/c1-45-12-48(27-19(45)28(53)44-33(38)43-27)29-20(50)13(4-6-64-32(35)36)14(68-29)7-66-74(57,58)71-76(61,62)72-75(59,60)67-9-16-24(23(63-2)31(70-16)47-11-41-18-25(37)39-10-40-26(18)47)73(55,56)65-8-15-21(51)22(52)30(69-15)46-5-3-17(49)42-34(46)54/h3,5,10-16,20-24,29-32,50-52H,4,6-9H2,1-2H3,(H9-,37,38,39,40,42,43,44,49,53,54,55,56,57,58,59,60,61,62)/t13-,14-,15-,16?,20-,21-,22-,23-,24-,29-,30-,31-/m1/s1. The monoisotopic (exact) mass is 1170 g/mol. The summed E-state index contributed by atoms with van der Waals surface area (Å²) < 4.78 is 134. The number of aliphatic hydroxyl groups excluding tert-OH is 3. The number of nitrogens with zero attached hydrogens (tertiary/aromatic N) is 8. The Balaban J connectivity index is 0.962. The molecule has 0 radical (unpaired) electrons. The Labute approximate surface area is 421 Å². The summed E-state index contributed by atoms with van der Waals surface area (Å²) in [6, 6.07) is 0.902. The van der Waals surface area contributed by atoms with Gasteiger partial charge in [-0.1, -0.05) is 0 Å². The van der Waals surface area contributed by atoms with E-state index >= 15 is 0 Å². The summed E-state index contributed by atoms with van der Waals surface area (Å²) in [5, 5.41) is 32.8. The molecule has 5 aromatic rings. The second-order valence-corrected chi connectivity index (χ2v) is 23.4. The molecule has 3 aliphatic rings. The molecule has 420 valence electrons. The van der Waals surface area contributed by atoms with Crippen LogP contribution in [0.2, 0.25) is 0 Å². The molecular weight excluding hydrogens is 1120 g/mol. The fraction of sp³-hybridized carbons (Fsp3) is 0.588. The highest BCUT2D eigenvalue weighted by Crippen LogP contribution is 2.68. The van der Waals surface area contributed by atoms with E-state index in [4.69, 9.17) is 44.0 Å². The molecule has 3 saturated heterocycles. The number of alkyl halides is 2. The van der Waals surface area contributed by atoms with Crippen molar-refractivity contribution >= 4 is 65.2 Å². The minimum atomic E-state index is -6.30. The second kappa shape index (κ2) is 22.2. The Hall–Kier alpha value is -4.72. The number of aryl methyl sites for hydroxylation is 1. The normalized spacial score (nSPS) is 30.2. The van der Waals surface area contributed by atoms with Crippen molar-refractivity contribution in [2.45, 2.75) is 80.1 Å². The Morgan fingerprint density at radius 3 is 2.11 bits per heavy atom. The summed E-state index contributed by atoms with van der Waals surface area (Å²) in [5.74, 6) is -1.76. The zero-order valence-electron chi connectivity index (χ0n) is 38.7. The Morgan fingerprint density at radius 1 is 0.816 bits per heavy atom. The minimum absolute atomic E-state index is 0.00272. The van der Waals surface area contributed by atoms with Crippen LogP contribution in [0.5, 0.6) is 0 Å². The topological polar surface area (TPSA) is 510 Å². The van der Waals surface area contributed by atoms with E-state index in [-0.39, 0.29) is 34.1 Å². The molecule has 42 heteroatoms. The number of aromatic nitrogens is 10. The Kier molecular flexibility index (Phi) is 16.8. The number of aliphatic hydroxyl groups is 3. The van der Waals surface area contributed by atoms with Gasteiger partial charge in [0.25, 0.3) is 16.7 Å². The third-order valence-electron chi connectivity index (χ3n) is 12.0. The summed E-state index contributed by atoms with van der Waals surface area (Å²) >= 11 is 0. The van der Waals surface area contributed by atoms with E-state index in [1.807, 2.05) is 4.98 Å². The largest absolute Gasteiger partial charge is 0.778 e. The number of H-pyrrole nitrogens is 2. The number of anilines is 2. The molecule has 3 aliphatic heterocycles. The van der Waals surface area contributed by atoms with E-state index in [9.17, 15) is 76.3 Å². The van der Waals surface area contributed by atoms with Gasteiger partial charge >= 0.3 is 41.3 Å². The lowest BCUT2D eigenvalue weighted by atomic mass is 9.95. The molecule has 8 rings (SSSR count). The van der Waals surface area contributed by atoms with Gasteiger partial charge in [0.1, 0.15) is 50.0 Å². The number of phosphoric acid groups is 3. The van der Waals surface area contributed by atoms with Gasteiger partial charge in [-0.3, -0.25) is 37.7 Å². The summed E-state index contributed by atoms with van der Waals surface area (Å²) in [5.41, 5.74) is 6.68. The van der Waals surface area contributed by atoms with E-state index < -0.39 is 160 Å². The highest BCUT2D eigenvalue weighted by molar-refractivity contribution is 7.66. The molecular formula is C34H46F2N12O24P4. The van der Waals surface area contributed by atoms with Crippen molar-refractivity contribution in [1.82, 2.24) is 43.6 Å². The van der Waals surface area contributed by atoms with Gasteiger partial charge in [-0.2, -0.15) is 27.0 Å². The van der Waals surface area contributed by atoms with E-state index in [0.717, 1.165) is 41.2 Å². The quantitative estimate of drug-likeness (QED) is 0.0237. The number of nitrogen functional groups attached to an aromatic ring is 2. The van der Waals surface area contributed by atoms with Crippen molar-refractivity contribution in [2.75, 3.05) is 45.0 Å². The smallest absolute Gasteiger partial charge is 0.490 e. The zero-order valence-corrected chi connectivity index (χ0v) is 42.3. The fourth-order valence-corrected chi connectivity index (χ4v) is 14.0. The van der Waals surface area contributed by atoms with Crippen LogP contribution in [0.25, 0.3) is 22.3 Å². The zero-order chi connectivity index (χ0) is 55.4. The molecule has 12 N–H and O–H groups in total. The molecule has 0 aromatic carbocycles. The Bertz CT molecular complexity index is 3330. The van der Waals surface area contributed by atoms with Crippen LogP contribution in [0.4, 0.5) is 20.5 Å². The minimum Gasteiger partial charge on any atom is -0.778 e. The molecule has 0 spiro atoms. The highest BCUT2D eigenvalue weighted by Gasteiger charge is 2.55. The van der Waals surface area contributed by atoms with Crippen molar-refractivity contribution in [3.8, 4) is 0 Å². The van der Waals surface area contributed by atoms with E-state index in [1.165, 1.54) is 17.9 Å². The van der Waals surface area contributed by atoms with Crippen molar-refractivity contribution in [3.63, 3.8) is 0 Å². The van der Waals surface area contributed by atoms with Gasteiger partial charge in [0.05, 0.1) is 57.7 Å². The number of hydrogen-bond acceptors (Lipinski definition) is 27. The van der Waals surface area contributed by atoms with E-state index in [1.54, 1.807) is 0 Å². The predicted octanol–water partition coefficient (Wildman–Crippen LogP) is -3.55. The van der Waals surface area contributed by atoms with Crippen molar-refractivity contribution in [2.24, 2.45) is 13.0 Å². The highest BCUT2D eigenvalue weighted by atomic mass is 31.3. The molecule has 5 unspecified atom stereocenters. The number of halogens is 2. The van der Waals surface area contributed by atoms with Gasteiger partial charge in [0.15, 0.2) is 23.9 Å². The molecule has 0 bridgehead atoms. The predicted molar refractivity (Wildman–Crippen MR) is 239 cm³/mol. The average molecular weight is 1170 g/mol. The molecule has 76 heavy (non-hydrogen) atoms. The van der Waals surface area contributed by atoms with E-state index in [0.29, 0.717) is 4.57 Å². The summed E-state index contributed by atoms with van der Waals surface area (Å²) in [4.78, 5) is 103. The lowest BCUT2D eigenvalue weighted by molar-refractivity contribution is -0.646. The molecule has 0 saturated carbocycles. The van der Waals surface area contributed by atoms with Crippen molar-refractivity contribution in [1.29, 1.82) is 0 Å². The fourth-order valence-electron chi connectivity index (χ4n) is 8.71. The van der Waals surface area contributed by atoms with Crippen molar-refractivity contribution in [3.05, 3.63) is 62.4 Å². The van der Waals surface area contributed by atoms with Gasteiger partial charge < -0.3 is 79.1 Å². The third-order valence-corrected chi connectivity index (χ3v) is 18.1. The molecule has 0 amide bonds. The number of nitrogens with one attached hydrogen (secondary N) is 2. The lowest BCUT2D eigenvalue weighted by Crippen LogP contribution is -2.40. The van der Waals surface area contributed by atoms with Crippen LogP contribution in [0.15, 0.2) is 45.6 Å². The first-order valence-electron chi connectivity index (χ1n) is 21.7. The van der Waals surface area contributed by atoms with Crippen LogP contribution in [0, 0.1) is 5.92 Å². The number of phosphoric ester groups is 2. The van der Waals surface area contributed by atoms with E-state index in [2.05, 4.69) is 38.3 Å². The molecule has 16 atom stereocenters. The second-order valence-electron chi connectivity index (χ2n) is 16.8. The Morgan fingerprint density at radius 2 is 1.45 bits per heavy atom. The number of methoxy groups -OCH3 is 1. The molecule has 0 aliphatic carbocycles. The molecule has 8 heterocycles. The van der Waals surface area contributed by atoms with Gasteiger partial charge in [0.2, 0.25) is 18.5 Å². The number of hydrogen-bond donors (Lipinski definition) is 10. The maximum absolute atomic E-state index is 14.2. The van der Waals surface area contributed by atoms with Crippen LogP contribution in [0.1, 0.15) is 25.1 Å². The lowest BCUT2D eigenvalue weighted by Gasteiger charge is -2.35. The molecule has 36 nitrogen and oxygen atoms in total. The first-order valence-corrected chi connectivity index (χ1v) is 27.8. The van der Waals surface area contributed by atoms with Gasteiger partial charge in [-0.05, 0) is 6.42 Å². The number of aromatic amines is 2. The van der Waals surface area contributed by atoms with Crippen molar-refractivity contribution < 1.29 is 112 Å². The number of rotatable bonds is 22. The average Bonchev–Trinajstić information content (AvgIpc) is 4.14. The summed E-state index contributed by atoms with van der Waals surface area (Å²) in [7, 11) is -21.4. The number of ether oxygens (including phenoxy) is 5. The summed E-state index contributed by atoms with van der Waals surface area (Å²) in [6.45, 7) is -7.56. The van der Waals surface area contributed by atoms with Crippen LogP contribution < -0.4 is 37.7 Å². The van der Waals surface area contributed by atoms with Gasteiger partial charge in [0, 0.05) is 25.3 Å². The third kappa shape index (κ3) is 12.1. The molecule has 5 aromatic heterocycles. The first-order chi connectivity index (χ1) is 35.6. The number of imidazole rings is 2. The van der Waals surface area contributed by atoms with Crippen LogP contribution >= 0.6 is 31.1 Å². The van der Waals surface area contributed by atoms with Crippen LogP contribution in [-0.2, 0) is 71.2 Å². The number of fused-ring (bicyclic) bond motifs is 2. The maximum Gasteiger partial charge on any atom is 0.490 e. The first kappa shape index (κ1) is 57.5. The van der Waals surface area contributed by atoms with Gasteiger partial charge in [-0.15, -0.1) is 0 Å². The maximum atomic E-state index is 14.2. The molecule has 3 fully saturated rings.